The van der Waals surface area contributed by atoms with E-state index in [4.69, 9.17) is 14.6 Å². The van der Waals surface area contributed by atoms with E-state index in [-0.39, 0.29) is 6.42 Å². The van der Waals surface area contributed by atoms with E-state index in [1.807, 2.05) is 0 Å². The number of unbranched alkanes of at least 4 members (excludes halogenated alkanes) is 2. The summed E-state index contributed by atoms with van der Waals surface area (Å²) in [6.45, 7) is 3.98. The number of hydrogen-bond acceptors (Lipinski definition) is 4. The molecule has 102 valence electrons. The summed E-state index contributed by atoms with van der Waals surface area (Å²) in [5, 5.41) is 11.7. The van der Waals surface area contributed by atoms with Crippen LogP contribution in [0.2, 0.25) is 0 Å². The molecule has 0 rings (SSSR count). The number of methoxy groups -OCH3 is 1. The quantitative estimate of drug-likeness (QED) is 0.480. The van der Waals surface area contributed by atoms with E-state index in [2.05, 4.69) is 5.32 Å². The van der Waals surface area contributed by atoms with Gasteiger partial charge in [0, 0.05) is 20.1 Å². The van der Waals surface area contributed by atoms with E-state index in [0.29, 0.717) is 13.2 Å². The first-order valence-corrected chi connectivity index (χ1v) is 6.26. The predicted molar refractivity (Wildman–Crippen MR) is 66.3 cm³/mol. The normalized spacial score (nSPS) is 10.6. The topological polar surface area (TPSA) is 67.8 Å². The number of aliphatic carboxylic acids is 1. The summed E-state index contributed by atoms with van der Waals surface area (Å²) in [6, 6.07) is 0. The van der Waals surface area contributed by atoms with Gasteiger partial charge in [0.2, 0.25) is 0 Å². The van der Waals surface area contributed by atoms with Gasteiger partial charge in [-0.2, -0.15) is 0 Å². The summed E-state index contributed by atoms with van der Waals surface area (Å²) in [5.41, 5.74) is 0. The van der Waals surface area contributed by atoms with Crippen LogP contribution in [0.15, 0.2) is 0 Å². The first-order chi connectivity index (χ1) is 8.27. The van der Waals surface area contributed by atoms with Crippen molar-refractivity contribution in [1.82, 2.24) is 5.32 Å². The molecule has 0 aromatic heterocycles. The molecule has 0 radical (unpaired) electrons. The first-order valence-electron chi connectivity index (χ1n) is 6.26. The zero-order valence-corrected chi connectivity index (χ0v) is 10.7. The molecule has 0 aliphatic heterocycles. The molecule has 2 N–H and O–H groups in total. The number of carbonyl (C=O) groups is 1. The second-order valence-electron chi connectivity index (χ2n) is 3.91. The number of carboxylic acid groups (broad SMARTS) is 1. The van der Waals surface area contributed by atoms with E-state index >= 15 is 0 Å². The van der Waals surface area contributed by atoms with Gasteiger partial charge >= 0.3 is 5.97 Å². The van der Waals surface area contributed by atoms with Crippen LogP contribution in [0.1, 0.15) is 32.1 Å². The van der Waals surface area contributed by atoms with Crippen LogP contribution in [0.5, 0.6) is 0 Å². The van der Waals surface area contributed by atoms with Crippen molar-refractivity contribution in [3.05, 3.63) is 0 Å². The third kappa shape index (κ3) is 15.4. The highest BCUT2D eigenvalue weighted by molar-refractivity contribution is 5.66. The maximum Gasteiger partial charge on any atom is 0.303 e. The van der Waals surface area contributed by atoms with E-state index in [1.165, 1.54) is 0 Å². The van der Waals surface area contributed by atoms with Crippen LogP contribution in [-0.4, -0.2) is 51.1 Å². The lowest BCUT2D eigenvalue weighted by atomic mass is 10.2. The van der Waals surface area contributed by atoms with E-state index in [0.717, 1.165) is 45.4 Å². The zero-order valence-electron chi connectivity index (χ0n) is 10.7. The Hall–Kier alpha value is -0.650. The van der Waals surface area contributed by atoms with Crippen LogP contribution in [0.4, 0.5) is 0 Å². The third-order valence-electron chi connectivity index (χ3n) is 2.32. The Morgan fingerprint density at radius 1 is 1.06 bits per heavy atom. The molecule has 0 aromatic carbocycles. The minimum absolute atomic E-state index is 0.273. The molecule has 17 heavy (non-hydrogen) atoms. The molecule has 0 bridgehead atoms. The van der Waals surface area contributed by atoms with Gasteiger partial charge in [-0.1, -0.05) is 0 Å². The van der Waals surface area contributed by atoms with Gasteiger partial charge in [0.25, 0.3) is 0 Å². The van der Waals surface area contributed by atoms with Crippen molar-refractivity contribution < 1.29 is 19.4 Å². The summed E-state index contributed by atoms with van der Waals surface area (Å²) < 4.78 is 10.2. The lowest BCUT2D eigenvalue weighted by Gasteiger charge is -2.05. The molecule has 0 spiro atoms. The highest BCUT2D eigenvalue weighted by Crippen LogP contribution is 1.94. The van der Waals surface area contributed by atoms with Gasteiger partial charge in [0.1, 0.15) is 0 Å². The number of rotatable bonds is 13. The van der Waals surface area contributed by atoms with Crippen LogP contribution in [0.25, 0.3) is 0 Å². The second kappa shape index (κ2) is 13.4. The average molecular weight is 247 g/mol. The molecule has 0 heterocycles. The average Bonchev–Trinajstić information content (AvgIpc) is 2.30. The maximum atomic E-state index is 10.2. The minimum Gasteiger partial charge on any atom is -0.481 e. The number of carboxylic acids is 1. The van der Waals surface area contributed by atoms with Crippen LogP contribution in [0.3, 0.4) is 0 Å². The van der Waals surface area contributed by atoms with E-state index < -0.39 is 5.97 Å². The number of nitrogens with one attached hydrogen (secondary N) is 1. The van der Waals surface area contributed by atoms with Gasteiger partial charge < -0.3 is 19.9 Å². The van der Waals surface area contributed by atoms with Gasteiger partial charge in [-0.05, 0) is 38.8 Å². The highest BCUT2D eigenvalue weighted by atomic mass is 16.5. The minimum atomic E-state index is -0.710. The predicted octanol–water partition coefficient (Wildman–Crippen LogP) is 1.27. The third-order valence-corrected chi connectivity index (χ3v) is 2.32. The molecule has 5 heteroatoms. The van der Waals surface area contributed by atoms with Crippen molar-refractivity contribution in [2.45, 2.75) is 32.1 Å². The molecule has 0 atom stereocenters. The largest absolute Gasteiger partial charge is 0.481 e. The monoisotopic (exact) mass is 247 g/mol. The summed E-state index contributed by atoms with van der Waals surface area (Å²) in [5.74, 6) is -0.710. The van der Waals surface area contributed by atoms with Gasteiger partial charge in [0.15, 0.2) is 0 Å². The van der Waals surface area contributed by atoms with Crippen molar-refractivity contribution in [2.24, 2.45) is 0 Å². The van der Waals surface area contributed by atoms with Crippen molar-refractivity contribution in [2.75, 3.05) is 40.0 Å². The lowest BCUT2D eigenvalue weighted by Crippen LogP contribution is -2.17. The number of ether oxygens (including phenoxy) is 2. The fraction of sp³-hybridized carbons (Fsp3) is 0.917. The lowest BCUT2D eigenvalue weighted by molar-refractivity contribution is -0.137. The Morgan fingerprint density at radius 2 is 1.76 bits per heavy atom. The van der Waals surface area contributed by atoms with Gasteiger partial charge in [-0.15, -0.1) is 0 Å². The summed E-state index contributed by atoms with van der Waals surface area (Å²) >= 11 is 0. The fourth-order valence-electron chi connectivity index (χ4n) is 1.35. The molecule has 5 nitrogen and oxygen atoms in total. The molecule has 0 fully saturated rings. The molecular formula is C12H25NO4. The van der Waals surface area contributed by atoms with E-state index in [9.17, 15) is 4.79 Å². The standard InChI is InChI=1S/C12H25NO4/c1-16-10-11-17-9-5-4-8-13-7-3-2-6-12(14)15/h13H,2-11H2,1H3,(H,14,15). The molecule has 0 aliphatic rings. The fourth-order valence-corrected chi connectivity index (χ4v) is 1.35. The molecule has 0 unspecified atom stereocenters. The first kappa shape index (κ1) is 16.4. The molecule has 0 amide bonds. The van der Waals surface area contributed by atoms with Gasteiger partial charge in [0.05, 0.1) is 13.2 Å². The summed E-state index contributed by atoms with van der Waals surface area (Å²) in [6.07, 6.45) is 4.09. The van der Waals surface area contributed by atoms with E-state index in [1.54, 1.807) is 7.11 Å². The molecule has 0 saturated heterocycles. The Kier molecular flexibility index (Phi) is 12.9. The highest BCUT2D eigenvalue weighted by Gasteiger charge is 1.95. The van der Waals surface area contributed by atoms with Crippen molar-refractivity contribution in [1.29, 1.82) is 0 Å². The van der Waals surface area contributed by atoms with Gasteiger partial charge in [-0.3, -0.25) is 4.79 Å². The van der Waals surface area contributed by atoms with Crippen LogP contribution in [-0.2, 0) is 14.3 Å². The smallest absolute Gasteiger partial charge is 0.303 e. The molecule has 0 aliphatic carbocycles. The molecular weight excluding hydrogens is 222 g/mol. The van der Waals surface area contributed by atoms with Crippen LogP contribution < -0.4 is 5.32 Å². The van der Waals surface area contributed by atoms with Crippen molar-refractivity contribution in [3.8, 4) is 0 Å². The van der Waals surface area contributed by atoms with Crippen molar-refractivity contribution >= 4 is 5.97 Å². The summed E-state index contributed by atoms with van der Waals surface area (Å²) in [4.78, 5) is 10.2. The Labute approximate surface area is 103 Å². The Bertz CT molecular complexity index is 176. The second-order valence-corrected chi connectivity index (χ2v) is 3.91. The Balaban J connectivity index is 2.91. The SMILES string of the molecule is COCCOCCCCNCCCCC(=O)O. The number of hydrogen-bond donors (Lipinski definition) is 2. The van der Waals surface area contributed by atoms with Crippen LogP contribution >= 0.6 is 0 Å². The van der Waals surface area contributed by atoms with Crippen molar-refractivity contribution in [3.63, 3.8) is 0 Å². The zero-order chi connectivity index (χ0) is 12.8. The van der Waals surface area contributed by atoms with Gasteiger partial charge in [-0.25, -0.2) is 0 Å². The summed E-state index contributed by atoms with van der Waals surface area (Å²) in [7, 11) is 1.66. The molecule has 0 saturated carbocycles. The molecule has 0 aromatic rings. The Morgan fingerprint density at radius 3 is 2.41 bits per heavy atom. The van der Waals surface area contributed by atoms with Crippen LogP contribution in [0, 0.1) is 0 Å². The maximum absolute atomic E-state index is 10.2.